The molecule has 1 N–H and O–H groups in total. The average molecular weight is 147 g/mol. The maximum absolute atomic E-state index is 8.10. The summed E-state index contributed by atoms with van der Waals surface area (Å²) in [4.78, 5) is 0. The first-order valence-electron chi connectivity index (χ1n) is 3.25. The summed E-state index contributed by atoms with van der Waals surface area (Å²) >= 11 is 0. The molecule has 0 amide bonds. The van der Waals surface area contributed by atoms with Crippen LogP contribution in [-0.2, 0) is 9.47 Å². The van der Waals surface area contributed by atoms with Crippen molar-refractivity contribution in [3.63, 3.8) is 0 Å². The lowest BCUT2D eigenvalue weighted by molar-refractivity contribution is -0.0878. The Morgan fingerprint density at radius 3 is 2.20 bits per heavy atom. The molecule has 0 rings (SSSR count). The van der Waals surface area contributed by atoms with Gasteiger partial charge in [0.1, 0.15) is 0 Å². The van der Waals surface area contributed by atoms with Gasteiger partial charge in [-0.05, 0) is 13.8 Å². The molecule has 0 bridgehead atoms. The molecule has 60 valence electrons. The zero-order valence-corrected chi connectivity index (χ0v) is 6.28. The van der Waals surface area contributed by atoms with Gasteiger partial charge >= 0.3 is 0 Å². The van der Waals surface area contributed by atoms with Gasteiger partial charge < -0.3 is 14.7 Å². The van der Waals surface area contributed by atoms with E-state index < -0.39 is 6.29 Å². The number of ether oxygens (including phenoxy) is 2. The van der Waals surface area contributed by atoms with E-state index in [-0.39, 0.29) is 0 Å². The van der Waals surface area contributed by atoms with E-state index in [4.69, 9.17) is 14.7 Å². The molecule has 0 aromatic heterocycles. The van der Waals surface area contributed by atoms with Gasteiger partial charge in [-0.25, -0.2) is 0 Å². The van der Waals surface area contributed by atoms with E-state index in [0.717, 1.165) is 0 Å². The highest BCUT2D eigenvalue weighted by molar-refractivity contribution is 5.60. The molecule has 0 spiro atoms. The molecule has 0 aliphatic carbocycles. The lowest BCUT2D eigenvalue weighted by Crippen LogP contribution is -2.18. The molecule has 0 aliphatic rings. The number of rotatable bonds is 5. The van der Waals surface area contributed by atoms with Gasteiger partial charge in [0, 0.05) is 13.2 Å². The van der Waals surface area contributed by atoms with Crippen LogP contribution in [0.2, 0.25) is 0 Å². The summed E-state index contributed by atoms with van der Waals surface area (Å²) in [5.41, 5.74) is 0. The highest BCUT2D eigenvalue weighted by Crippen LogP contribution is 1.90. The van der Waals surface area contributed by atoms with Crippen LogP contribution in [0.15, 0.2) is 5.16 Å². The van der Waals surface area contributed by atoms with E-state index in [1.54, 1.807) is 0 Å². The molecule has 10 heavy (non-hydrogen) atoms. The Balaban J connectivity index is 3.50. The molecule has 0 saturated carbocycles. The van der Waals surface area contributed by atoms with E-state index in [1.165, 1.54) is 6.21 Å². The summed E-state index contributed by atoms with van der Waals surface area (Å²) in [7, 11) is 0. The first kappa shape index (κ1) is 9.39. The Labute approximate surface area is 60.4 Å². The van der Waals surface area contributed by atoms with Crippen molar-refractivity contribution in [2.45, 2.75) is 20.1 Å². The first-order valence-corrected chi connectivity index (χ1v) is 3.25. The van der Waals surface area contributed by atoms with Crippen molar-refractivity contribution in [2.24, 2.45) is 5.16 Å². The summed E-state index contributed by atoms with van der Waals surface area (Å²) in [6.07, 6.45) is 0.687. The topological polar surface area (TPSA) is 51.0 Å². The second-order valence-corrected chi connectivity index (χ2v) is 1.54. The molecule has 0 aromatic carbocycles. The zero-order chi connectivity index (χ0) is 7.82. The monoisotopic (exact) mass is 147 g/mol. The third-order valence-electron chi connectivity index (χ3n) is 0.850. The van der Waals surface area contributed by atoms with Gasteiger partial charge in [0.2, 0.25) is 0 Å². The molecule has 0 aromatic rings. The maximum Gasteiger partial charge on any atom is 0.197 e. The quantitative estimate of drug-likeness (QED) is 0.271. The average Bonchev–Trinajstić information content (AvgIpc) is 1.90. The Morgan fingerprint density at radius 2 is 1.90 bits per heavy atom. The molecule has 4 nitrogen and oxygen atoms in total. The van der Waals surface area contributed by atoms with Crippen molar-refractivity contribution in [1.82, 2.24) is 0 Å². The fourth-order valence-electron chi connectivity index (χ4n) is 0.517. The molecule has 0 aliphatic heterocycles. The largest absolute Gasteiger partial charge is 0.411 e. The lowest BCUT2D eigenvalue weighted by Gasteiger charge is -2.09. The van der Waals surface area contributed by atoms with E-state index in [0.29, 0.717) is 13.2 Å². The summed E-state index contributed by atoms with van der Waals surface area (Å²) in [5.74, 6) is 0. The van der Waals surface area contributed by atoms with Crippen molar-refractivity contribution >= 4 is 6.21 Å². The minimum absolute atomic E-state index is 0.514. The van der Waals surface area contributed by atoms with Gasteiger partial charge in [-0.15, -0.1) is 0 Å². The van der Waals surface area contributed by atoms with E-state index in [2.05, 4.69) is 5.16 Å². The van der Waals surface area contributed by atoms with Crippen LogP contribution in [0.25, 0.3) is 0 Å². The van der Waals surface area contributed by atoms with Gasteiger partial charge in [-0.1, -0.05) is 5.16 Å². The molecule has 0 fully saturated rings. The van der Waals surface area contributed by atoms with Crippen molar-refractivity contribution < 1.29 is 14.7 Å². The number of hydrogen-bond donors (Lipinski definition) is 1. The van der Waals surface area contributed by atoms with Crippen LogP contribution in [0.1, 0.15) is 13.8 Å². The summed E-state index contributed by atoms with van der Waals surface area (Å²) < 4.78 is 9.98. The van der Waals surface area contributed by atoms with Crippen LogP contribution in [0, 0.1) is 0 Å². The molecule has 0 unspecified atom stereocenters. The predicted molar refractivity (Wildman–Crippen MR) is 37.3 cm³/mol. The molecule has 0 heterocycles. The van der Waals surface area contributed by atoms with Crippen LogP contribution in [-0.4, -0.2) is 30.9 Å². The van der Waals surface area contributed by atoms with Crippen LogP contribution < -0.4 is 0 Å². The number of oxime groups is 1. The third kappa shape index (κ3) is 4.29. The maximum atomic E-state index is 8.10. The van der Waals surface area contributed by atoms with Crippen molar-refractivity contribution in [2.75, 3.05) is 13.2 Å². The molecular formula is C6H13NO3. The SMILES string of the molecule is CCOC(/C=N/O)OCC. The Hall–Kier alpha value is -0.610. The number of hydrogen-bond acceptors (Lipinski definition) is 4. The second-order valence-electron chi connectivity index (χ2n) is 1.54. The van der Waals surface area contributed by atoms with Crippen LogP contribution in [0.4, 0.5) is 0 Å². The molecule has 4 heteroatoms. The first-order chi connectivity index (χ1) is 4.85. The molecular weight excluding hydrogens is 134 g/mol. The van der Waals surface area contributed by atoms with E-state index in [9.17, 15) is 0 Å². The van der Waals surface area contributed by atoms with Crippen molar-refractivity contribution in [3.05, 3.63) is 0 Å². The van der Waals surface area contributed by atoms with Gasteiger partial charge in [0.25, 0.3) is 0 Å². The molecule has 0 saturated heterocycles. The summed E-state index contributed by atoms with van der Waals surface area (Å²) in [6, 6.07) is 0. The fraction of sp³-hybridized carbons (Fsp3) is 0.833. The van der Waals surface area contributed by atoms with E-state index in [1.807, 2.05) is 13.8 Å². The third-order valence-corrected chi connectivity index (χ3v) is 0.850. The fourth-order valence-corrected chi connectivity index (χ4v) is 0.517. The Bertz CT molecular complexity index is 89.0. The van der Waals surface area contributed by atoms with E-state index >= 15 is 0 Å². The standard InChI is InChI=1S/C6H13NO3/c1-3-9-6(5-7-8)10-4-2/h5-6,8H,3-4H2,1-2H3/b7-5+. The normalized spacial score (nSPS) is 11.5. The van der Waals surface area contributed by atoms with Crippen LogP contribution in [0.5, 0.6) is 0 Å². The second kappa shape index (κ2) is 6.51. The smallest absolute Gasteiger partial charge is 0.197 e. The van der Waals surface area contributed by atoms with Crippen LogP contribution in [0.3, 0.4) is 0 Å². The Morgan fingerprint density at radius 1 is 1.40 bits per heavy atom. The summed E-state index contributed by atoms with van der Waals surface area (Å²) in [6.45, 7) is 4.77. The zero-order valence-electron chi connectivity index (χ0n) is 6.28. The lowest BCUT2D eigenvalue weighted by atomic mass is 10.6. The van der Waals surface area contributed by atoms with Gasteiger partial charge in [0.05, 0.1) is 6.21 Å². The minimum atomic E-state index is -0.514. The number of nitrogens with zero attached hydrogens (tertiary/aromatic N) is 1. The summed E-state index contributed by atoms with van der Waals surface area (Å²) in [5, 5.41) is 10.9. The molecule has 0 radical (unpaired) electrons. The van der Waals surface area contributed by atoms with Crippen molar-refractivity contribution in [3.8, 4) is 0 Å². The highest BCUT2D eigenvalue weighted by Gasteiger charge is 2.01. The van der Waals surface area contributed by atoms with Gasteiger partial charge in [0.15, 0.2) is 6.29 Å². The van der Waals surface area contributed by atoms with Gasteiger partial charge in [-0.2, -0.15) is 0 Å². The minimum Gasteiger partial charge on any atom is -0.411 e. The van der Waals surface area contributed by atoms with Crippen LogP contribution >= 0.6 is 0 Å². The molecule has 0 atom stereocenters. The highest BCUT2D eigenvalue weighted by atomic mass is 16.7. The van der Waals surface area contributed by atoms with Gasteiger partial charge in [-0.3, -0.25) is 0 Å². The van der Waals surface area contributed by atoms with Crippen molar-refractivity contribution in [1.29, 1.82) is 0 Å². The predicted octanol–water partition coefficient (Wildman–Crippen LogP) is 0.845. The Kier molecular flexibility index (Phi) is 6.11.